The summed E-state index contributed by atoms with van der Waals surface area (Å²) in [5.41, 5.74) is 0.540. The smallest absolute Gasteiger partial charge is 0.395 e. The average molecular weight is 383 g/mol. The summed E-state index contributed by atoms with van der Waals surface area (Å²) in [5.74, 6) is 0.183. The number of nitrogens with zero attached hydrogens (tertiary/aromatic N) is 2. The minimum atomic E-state index is -3.67. The van der Waals surface area contributed by atoms with Crippen molar-refractivity contribution in [3.8, 4) is 17.2 Å². The van der Waals surface area contributed by atoms with Gasteiger partial charge in [0.2, 0.25) is 0 Å². The van der Waals surface area contributed by atoms with Crippen LogP contribution in [0.5, 0.6) is 11.5 Å². The number of benzene rings is 1. The Bertz CT molecular complexity index is 905. The van der Waals surface area contributed by atoms with E-state index in [1.165, 1.54) is 23.5 Å². The van der Waals surface area contributed by atoms with Crippen LogP contribution >= 0.6 is 11.3 Å². The van der Waals surface area contributed by atoms with Crippen LogP contribution < -0.4 is 19.6 Å². The third-order valence-electron chi connectivity index (χ3n) is 3.98. The van der Waals surface area contributed by atoms with E-state index in [0.717, 1.165) is 4.88 Å². The Labute approximate surface area is 153 Å². The lowest BCUT2D eigenvalue weighted by Gasteiger charge is -2.15. The van der Waals surface area contributed by atoms with Gasteiger partial charge in [-0.3, -0.25) is 4.57 Å². The van der Waals surface area contributed by atoms with Crippen LogP contribution in [0, 0.1) is 12.8 Å². The zero-order valence-electron chi connectivity index (χ0n) is 14.7. The van der Waals surface area contributed by atoms with Gasteiger partial charge in [-0.2, -0.15) is 4.99 Å². The van der Waals surface area contributed by atoms with Crippen LogP contribution in [0.4, 0.5) is 13.6 Å². The number of alkyl halides is 2. The number of aryl methyl sites for hydroxylation is 1. The minimum Gasteiger partial charge on any atom is -0.395 e. The van der Waals surface area contributed by atoms with Crippen molar-refractivity contribution in [1.82, 2.24) is 9.88 Å². The van der Waals surface area contributed by atoms with Gasteiger partial charge < -0.3 is 14.8 Å². The Morgan fingerprint density at radius 2 is 1.96 bits per heavy atom. The summed E-state index contributed by atoms with van der Waals surface area (Å²) in [6, 6.07) is 3.96. The molecule has 1 atom stereocenters. The van der Waals surface area contributed by atoms with E-state index in [1.807, 2.05) is 27.7 Å². The molecule has 2 amide bonds. The van der Waals surface area contributed by atoms with E-state index in [0.29, 0.717) is 10.5 Å². The molecule has 1 unspecified atom stereocenters. The fraction of sp³-hybridized carbons (Fsp3) is 0.412. The van der Waals surface area contributed by atoms with Crippen LogP contribution in [-0.2, 0) is 0 Å². The normalized spacial score (nSPS) is 16.8. The van der Waals surface area contributed by atoms with Crippen LogP contribution in [0.2, 0.25) is 0 Å². The third-order valence-corrected chi connectivity index (χ3v) is 4.88. The first-order chi connectivity index (χ1) is 12.1. The quantitative estimate of drug-likeness (QED) is 0.876. The second kappa shape index (κ2) is 6.71. The fourth-order valence-electron chi connectivity index (χ4n) is 2.29. The topological polar surface area (TPSA) is 64.8 Å². The first kappa shape index (κ1) is 18.4. The van der Waals surface area contributed by atoms with Crippen LogP contribution in [0.1, 0.15) is 25.6 Å². The van der Waals surface area contributed by atoms with Gasteiger partial charge in [-0.1, -0.05) is 13.8 Å². The van der Waals surface area contributed by atoms with Crippen LogP contribution in [0.25, 0.3) is 5.69 Å². The van der Waals surface area contributed by atoms with Crippen molar-refractivity contribution in [3.63, 3.8) is 0 Å². The highest BCUT2D eigenvalue weighted by atomic mass is 32.1. The summed E-state index contributed by atoms with van der Waals surface area (Å²) in [5, 5.41) is 2.81. The SMILES string of the molecule is Cc1cn(-c2ccc3c(c2)OC(F)(F)O3)c(=NC(=O)NC(C)C(C)C)s1. The number of hydrogen-bond acceptors (Lipinski definition) is 4. The van der Waals surface area contributed by atoms with E-state index in [-0.39, 0.29) is 23.5 Å². The molecule has 3 rings (SSSR count). The number of hydrogen-bond donors (Lipinski definition) is 1. The fourth-order valence-corrected chi connectivity index (χ4v) is 3.12. The number of ether oxygens (including phenoxy) is 2. The van der Waals surface area contributed by atoms with Gasteiger partial charge >= 0.3 is 12.3 Å². The molecular weight excluding hydrogens is 364 g/mol. The summed E-state index contributed by atoms with van der Waals surface area (Å²) < 4.78 is 36.9. The lowest BCUT2D eigenvalue weighted by Crippen LogP contribution is -2.35. The molecule has 9 heteroatoms. The molecule has 26 heavy (non-hydrogen) atoms. The standard InChI is InChI=1S/C17H19F2N3O3S/c1-9(2)11(4)20-15(23)21-16-22(8-10(3)26-16)12-5-6-13-14(7-12)25-17(18,19)24-13/h5-9,11H,1-4H3,(H,20,23). The Kier molecular flexibility index (Phi) is 4.74. The Hall–Kier alpha value is -2.42. The first-order valence-corrected chi connectivity index (χ1v) is 8.91. The molecule has 6 nitrogen and oxygen atoms in total. The van der Waals surface area contributed by atoms with Crippen molar-refractivity contribution in [2.75, 3.05) is 0 Å². The van der Waals surface area contributed by atoms with Crippen molar-refractivity contribution in [1.29, 1.82) is 0 Å². The molecule has 1 aliphatic heterocycles. The number of aromatic nitrogens is 1. The van der Waals surface area contributed by atoms with E-state index < -0.39 is 12.3 Å². The van der Waals surface area contributed by atoms with Crippen molar-refractivity contribution < 1.29 is 23.0 Å². The molecule has 0 saturated heterocycles. The molecule has 140 valence electrons. The second-order valence-electron chi connectivity index (χ2n) is 6.39. The number of carbonyl (C=O) groups is 1. The van der Waals surface area contributed by atoms with Gasteiger partial charge in [0.15, 0.2) is 16.3 Å². The third kappa shape index (κ3) is 3.87. The number of nitrogens with one attached hydrogen (secondary N) is 1. The van der Waals surface area contributed by atoms with Gasteiger partial charge in [0, 0.05) is 23.2 Å². The Balaban J connectivity index is 1.94. The average Bonchev–Trinajstić information content (AvgIpc) is 3.03. The maximum Gasteiger partial charge on any atom is 0.586 e. The number of carbonyl (C=O) groups excluding carboxylic acids is 1. The van der Waals surface area contributed by atoms with E-state index >= 15 is 0 Å². The van der Waals surface area contributed by atoms with Crippen molar-refractivity contribution >= 4 is 17.4 Å². The maximum atomic E-state index is 13.2. The molecule has 1 N–H and O–H groups in total. The highest BCUT2D eigenvalue weighted by Gasteiger charge is 2.43. The van der Waals surface area contributed by atoms with Gasteiger partial charge in [-0.05, 0) is 31.9 Å². The molecule has 0 bridgehead atoms. The zero-order chi connectivity index (χ0) is 19.1. The van der Waals surface area contributed by atoms with Crippen molar-refractivity contribution in [2.45, 2.75) is 40.0 Å². The monoisotopic (exact) mass is 383 g/mol. The summed E-state index contributed by atoms with van der Waals surface area (Å²) in [6.07, 6.45) is -1.89. The van der Waals surface area contributed by atoms with Gasteiger partial charge in [-0.25, -0.2) is 4.79 Å². The molecular formula is C17H19F2N3O3S. The van der Waals surface area contributed by atoms with E-state index in [1.54, 1.807) is 16.8 Å². The van der Waals surface area contributed by atoms with Gasteiger partial charge in [-0.15, -0.1) is 20.1 Å². The molecule has 1 aromatic carbocycles. The summed E-state index contributed by atoms with van der Waals surface area (Å²) in [4.78, 5) is 17.6. The van der Waals surface area contributed by atoms with Crippen LogP contribution in [0.15, 0.2) is 29.4 Å². The predicted octanol–water partition coefficient (Wildman–Crippen LogP) is 3.82. The van der Waals surface area contributed by atoms with Gasteiger partial charge in [0.25, 0.3) is 0 Å². The number of halogens is 2. The maximum absolute atomic E-state index is 13.2. The molecule has 2 heterocycles. The molecule has 1 aliphatic rings. The molecule has 0 radical (unpaired) electrons. The molecule has 2 aromatic rings. The highest BCUT2D eigenvalue weighted by molar-refractivity contribution is 7.09. The molecule has 1 aromatic heterocycles. The molecule has 0 aliphatic carbocycles. The Morgan fingerprint density at radius 1 is 1.27 bits per heavy atom. The lowest BCUT2D eigenvalue weighted by atomic mass is 10.1. The molecule has 0 saturated carbocycles. The largest absolute Gasteiger partial charge is 0.586 e. The second-order valence-corrected chi connectivity index (χ2v) is 7.60. The number of amides is 2. The number of rotatable bonds is 3. The van der Waals surface area contributed by atoms with Crippen molar-refractivity contribution in [3.05, 3.63) is 34.1 Å². The van der Waals surface area contributed by atoms with E-state index in [4.69, 9.17) is 0 Å². The molecule has 0 spiro atoms. The summed E-state index contributed by atoms with van der Waals surface area (Å²) >= 11 is 1.32. The number of fused-ring (bicyclic) bond motifs is 1. The predicted molar refractivity (Wildman–Crippen MR) is 93.0 cm³/mol. The number of urea groups is 1. The summed E-state index contributed by atoms with van der Waals surface area (Å²) in [6.45, 7) is 7.78. The summed E-state index contributed by atoms with van der Waals surface area (Å²) in [7, 11) is 0. The zero-order valence-corrected chi connectivity index (χ0v) is 15.6. The van der Waals surface area contributed by atoms with Crippen LogP contribution in [-0.4, -0.2) is 22.9 Å². The lowest BCUT2D eigenvalue weighted by molar-refractivity contribution is -0.286. The van der Waals surface area contributed by atoms with Gasteiger partial charge in [0.1, 0.15) is 0 Å². The first-order valence-electron chi connectivity index (χ1n) is 8.09. The van der Waals surface area contributed by atoms with Crippen molar-refractivity contribution in [2.24, 2.45) is 10.9 Å². The number of thiazole rings is 1. The van der Waals surface area contributed by atoms with E-state index in [2.05, 4.69) is 19.8 Å². The minimum absolute atomic E-state index is 0.0199. The molecule has 0 fully saturated rings. The Morgan fingerprint density at radius 3 is 2.65 bits per heavy atom. The van der Waals surface area contributed by atoms with Gasteiger partial charge in [0.05, 0.1) is 5.69 Å². The van der Waals surface area contributed by atoms with E-state index in [9.17, 15) is 13.6 Å². The van der Waals surface area contributed by atoms with Crippen LogP contribution in [0.3, 0.4) is 0 Å². The highest BCUT2D eigenvalue weighted by Crippen LogP contribution is 2.41.